The Labute approximate surface area is 161 Å². The van der Waals surface area contributed by atoms with Gasteiger partial charge in [0.1, 0.15) is 4.83 Å². The first kappa shape index (κ1) is 18.0. The molecule has 0 spiro atoms. The van der Waals surface area contributed by atoms with Crippen LogP contribution in [0.3, 0.4) is 0 Å². The third kappa shape index (κ3) is 3.69. The van der Waals surface area contributed by atoms with Crippen molar-refractivity contribution in [1.29, 1.82) is 0 Å². The van der Waals surface area contributed by atoms with Gasteiger partial charge in [0.15, 0.2) is 5.16 Å². The molecule has 0 aromatic carbocycles. The van der Waals surface area contributed by atoms with Gasteiger partial charge in [0.05, 0.1) is 11.1 Å². The highest BCUT2D eigenvalue weighted by Crippen LogP contribution is 2.34. The highest BCUT2D eigenvalue weighted by molar-refractivity contribution is 7.99. The van der Waals surface area contributed by atoms with Gasteiger partial charge in [-0.25, -0.2) is 4.98 Å². The minimum absolute atomic E-state index is 0.0296. The zero-order valence-corrected chi connectivity index (χ0v) is 16.7. The second-order valence-corrected chi connectivity index (χ2v) is 9.53. The van der Waals surface area contributed by atoms with Gasteiger partial charge in [-0.3, -0.25) is 9.59 Å². The molecule has 140 valence electrons. The molecule has 1 amide bonds. The number of nitrogens with one attached hydrogen (secondary N) is 2. The fourth-order valence-electron chi connectivity index (χ4n) is 4.13. The van der Waals surface area contributed by atoms with Crippen molar-refractivity contribution >= 4 is 39.2 Å². The number of nitrogens with zero attached hydrogens (tertiary/aromatic N) is 1. The number of thioether (sulfide) groups is 1. The van der Waals surface area contributed by atoms with E-state index in [1.807, 2.05) is 0 Å². The minimum Gasteiger partial charge on any atom is -0.352 e. The molecule has 2 aromatic rings. The number of aromatic amines is 1. The number of fused-ring (bicyclic) bond motifs is 3. The first-order chi connectivity index (χ1) is 12.6. The van der Waals surface area contributed by atoms with Crippen molar-refractivity contribution in [3.8, 4) is 0 Å². The van der Waals surface area contributed by atoms with E-state index >= 15 is 0 Å². The molecular weight excluding hydrogens is 366 g/mol. The molecular formula is C19H25N3O2S2. The van der Waals surface area contributed by atoms with Crippen LogP contribution >= 0.6 is 23.1 Å². The van der Waals surface area contributed by atoms with Crippen LogP contribution in [0.1, 0.15) is 55.9 Å². The molecule has 2 aliphatic carbocycles. The average Bonchev–Trinajstić information content (AvgIpc) is 3.01. The zero-order valence-electron chi connectivity index (χ0n) is 15.1. The Morgan fingerprint density at radius 2 is 2.08 bits per heavy atom. The van der Waals surface area contributed by atoms with Crippen molar-refractivity contribution in [3.63, 3.8) is 0 Å². The van der Waals surface area contributed by atoms with Crippen molar-refractivity contribution in [2.75, 3.05) is 5.75 Å². The van der Waals surface area contributed by atoms with Crippen LogP contribution < -0.4 is 10.9 Å². The number of hydrogen-bond acceptors (Lipinski definition) is 5. The van der Waals surface area contributed by atoms with Gasteiger partial charge >= 0.3 is 0 Å². The van der Waals surface area contributed by atoms with E-state index in [9.17, 15) is 9.59 Å². The smallest absolute Gasteiger partial charge is 0.260 e. The zero-order chi connectivity index (χ0) is 18.1. The summed E-state index contributed by atoms with van der Waals surface area (Å²) in [5.74, 6) is 0.870. The van der Waals surface area contributed by atoms with E-state index < -0.39 is 0 Å². The van der Waals surface area contributed by atoms with E-state index in [4.69, 9.17) is 0 Å². The number of H-pyrrole nitrogens is 1. The van der Waals surface area contributed by atoms with Crippen LogP contribution in [0.4, 0.5) is 0 Å². The number of carbonyl (C=O) groups excluding carboxylic acids is 1. The molecule has 4 rings (SSSR count). The lowest BCUT2D eigenvalue weighted by molar-refractivity contribution is -0.119. The van der Waals surface area contributed by atoms with E-state index in [1.54, 1.807) is 11.3 Å². The van der Waals surface area contributed by atoms with E-state index in [0.717, 1.165) is 35.9 Å². The topological polar surface area (TPSA) is 74.8 Å². The Bertz CT molecular complexity index is 874. The molecule has 0 unspecified atom stereocenters. The molecule has 0 aliphatic heterocycles. The number of carbonyl (C=O) groups is 1. The molecule has 2 heterocycles. The first-order valence-electron chi connectivity index (χ1n) is 9.58. The predicted octanol–water partition coefficient (Wildman–Crippen LogP) is 3.65. The fraction of sp³-hybridized carbons (Fsp3) is 0.632. The molecule has 2 aliphatic rings. The summed E-state index contributed by atoms with van der Waals surface area (Å²) in [5.41, 5.74) is 1.14. The van der Waals surface area contributed by atoms with E-state index in [-0.39, 0.29) is 17.5 Å². The molecule has 26 heavy (non-hydrogen) atoms. The summed E-state index contributed by atoms with van der Waals surface area (Å²) in [4.78, 5) is 34.5. The Morgan fingerprint density at radius 3 is 2.92 bits per heavy atom. The molecule has 0 radical (unpaired) electrons. The number of thiophene rings is 1. The maximum atomic E-state index is 12.5. The highest BCUT2D eigenvalue weighted by Gasteiger charge is 2.23. The van der Waals surface area contributed by atoms with E-state index in [0.29, 0.717) is 16.8 Å². The highest BCUT2D eigenvalue weighted by atomic mass is 32.2. The van der Waals surface area contributed by atoms with Gasteiger partial charge in [0, 0.05) is 10.9 Å². The van der Waals surface area contributed by atoms with Gasteiger partial charge in [-0.1, -0.05) is 31.5 Å². The summed E-state index contributed by atoms with van der Waals surface area (Å²) in [5, 5.41) is 4.48. The molecule has 2 aromatic heterocycles. The largest absolute Gasteiger partial charge is 0.352 e. The normalized spacial score (nSPS) is 23.0. The fourth-order valence-corrected chi connectivity index (χ4v) is 6.12. The van der Waals surface area contributed by atoms with Gasteiger partial charge in [-0.15, -0.1) is 11.3 Å². The molecule has 1 fully saturated rings. The predicted molar refractivity (Wildman–Crippen MR) is 107 cm³/mol. The van der Waals surface area contributed by atoms with Crippen molar-refractivity contribution in [3.05, 3.63) is 20.8 Å². The van der Waals surface area contributed by atoms with Crippen LogP contribution in [0.2, 0.25) is 0 Å². The third-order valence-electron chi connectivity index (χ3n) is 5.60. The Morgan fingerprint density at radius 1 is 1.27 bits per heavy atom. The number of rotatable bonds is 4. The number of aryl methyl sites for hydroxylation is 2. The summed E-state index contributed by atoms with van der Waals surface area (Å²) in [6.07, 6.45) is 9.09. The van der Waals surface area contributed by atoms with E-state index in [1.165, 1.54) is 47.9 Å². The molecule has 2 atom stereocenters. The van der Waals surface area contributed by atoms with Crippen molar-refractivity contribution in [2.45, 2.75) is 69.5 Å². The van der Waals surface area contributed by atoms with Gasteiger partial charge in [-0.2, -0.15) is 0 Å². The lowest BCUT2D eigenvalue weighted by atomic mass is 9.86. The van der Waals surface area contributed by atoms with E-state index in [2.05, 4.69) is 22.2 Å². The first-order valence-corrected chi connectivity index (χ1v) is 11.4. The Balaban J connectivity index is 1.44. The Kier molecular flexibility index (Phi) is 5.36. The van der Waals surface area contributed by atoms with Crippen molar-refractivity contribution in [1.82, 2.24) is 15.3 Å². The van der Waals surface area contributed by atoms with Crippen molar-refractivity contribution in [2.24, 2.45) is 5.92 Å². The summed E-state index contributed by atoms with van der Waals surface area (Å²) in [6.45, 7) is 2.21. The second-order valence-electron chi connectivity index (χ2n) is 7.49. The van der Waals surface area contributed by atoms with Crippen LogP contribution in [0.5, 0.6) is 0 Å². The molecule has 5 nitrogen and oxygen atoms in total. The lowest BCUT2D eigenvalue weighted by Gasteiger charge is -2.29. The maximum absolute atomic E-state index is 12.5. The molecule has 0 bridgehead atoms. The van der Waals surface area contributed by atoms with Gasteiger partial charge in [-0.05, 0) is 50.0 Å². The molecule has 0 saturated heterocycles. The molecule has 7 heteroatoms. The molecule has 2 N–H and O–H groups in total. The SMILES string of the molecule is C[C@H]1CCCC[C@@H]1NC(=O)CSc1nc2sc3c(c2c(=O)[nH]1)CCCC3. The minimum atomic E-state index is -0.0572. The maximum Gasteiger partial charge on any atom is 0.260 e. The number of hydrogen-bond donors (Lipinski definition) is 2. The summed E-state index contributed by atoms with van der Waals surface area (Å²) >= 11 is 2.97. The van der Waals surface area contributed by atoms with Crippen molar-refractivity contribution < 1.29 is 4.79 Å². The Hall–Kier alpha value is -1.34. The molecule has 1 saturated carbocycles. The second kappa shape index (κ2) is 7.72. The summed E-state index contributed by atoms with van der Waals surface area (Å²) in [7, 11) is 0. The van der Waals surface area contributed by atoms with Crippen LogP contribution in [0, 0.1) is 5.92 Å². The average molecular weight is 392 g/mol. The van der Waals surface area contributed by atoms with Crippen LogP contribution in [-0.4, -0.2) is 27.7 Å². The standard InChI is InChI=1S/C19H25N3O2S2/c1-11-6-2-4-8-13(11)20-15(23)10-25-19-21-17(24)16-12-7-3-5-9-14(12)26-18(16)22-19/h11,13H,2-10H2,1H3,(H,20,23)(H,21,22,24)/t11-,13-/m0/s1. The lowest BCUT2D eigenvalue weighted by Crippen LogP contribution is -2.41. The monoisotopic (exact) mass is 391 g/mol. The van der Waals surface area contributed by atoms with Crippen LogP contribution in [-0.2, 0) is 17.6 Å². The van der Waals surface area contributed by atoms with Gasteiger partial charge < -0.3 is 10.3 Å². The summed E-state index contributed by atoms with van der Waals surface area (Å²) < 4.78 is 0. The van der Waals surface area contributed by atoms with Gasteiger partial charge in [0.2, 0.25) is 5.91 Å². The number of amides is 1. The third-order valence-corrected chi connectivity index (χ3v) is 7.66. The summed E-state index contributed by atoms with van der Waals surface area (Å²) in [6, 6.07) is 0.287. The quantitative estimate of drug-likeness (QED) is 0.616. The number of aromatic nitrogens is 2. The van der Waals surface area contributed by atoms with Gasteiger partial charge in [0.25, 0.3) is 5.56 Å². The van der Waals surface area contributed by atoms with Crippen LogP contribution in [0.15, 0.2) is 9.95 Å². The van der Waals surface area contributed by atoms with Crippen LogP contribution in [0.25, 0.3) is 10.2 Å².